The molecule has 70 valence electrons. The van der Waals surface area contributed by atoms with Gasteiger partial charge >= 0.3 is 0 Å². The van der Waals surface area contributed by atoms with Crippen LogP contribution in [0.4, 0.5) is 0 Å². The Morgan fingerprint density at radius 2 is 1.86 bits per heavy atom. The molecule has 0 spiro atoms. The van der Waals surface area contributed by atoms with Crippen molar-refractivity contribution in [2.45, 2.75) is 6.92 Å². The maximum atomic E-state index is 11.1. The zero-order valence-electron chi connectivity index (χ0n) is 7.84. The number of rotatable bonds is 1. The Bertz CT molecular complexity index is 488. The number of nitrogens with zero attached hydrogens (tertiary/aromatic N) is 2. The van der Waals surface area contributed by atoms with E-state index in [1.807, 2.05) is 30.3 Å². The Morgan fingerprint density at radius 1 is 1.14 bits per heavy atom. The van der Waals surface area contributed by atoms with Crippen LogP contribution in [0.15, 0.2) is 47.4 Å². The zero-order valence-corrected chi connectivity index (χ0v) is 7.84. The van der Waals surface area contributed by atoms with E-state index in [1.54, 1.807) is 17.8 Å². The van der Waals surface area contributed by atoms with E-state index in [0.717, 1.165) is 5.69 Å². The molecule has 14 heavy (non-hydrogen) atoms. The van der Waals surface area contributed by atoms with Crippen LogP contribution in [0.25, 0.3) is 5.69 Å². The third-order valence-corrected chi connectivity index (χ3v) is 2.00. The Kier molecular flexibility index (Phi) is 2.14. The summed E-state index contributed by atoms with van der Waals surface area (Å²) in [6, 6.07) is 11.2. The molecule has 0 bridgehead atoms. The Morgan fingerprint density at radius 3 is 2.50 bits per heavy atom. The van der Waals surface area contributed by atoms with Crippen molar-refractivity contribution >= 4 is 0 Å². The van der Waals surface area contributed by atoms with Gasteiger partial charge in [-0.2, -0.15) is 5.10 Å². The van der Waals surface area contributed by atoms with E-state index in [1.165, 1.54) is 6.07 Å². The number of hydrogen-bond acceptors (Lipinski definition) is 2. The third kappa shape index (κ3) is 1.57. The van der Waals surface area contributed by atoms with Gasteiger partial charge in [-0.15, -0.1) is 0 Å². The summed E-state index contributed by atoms with van der Waals surface area (Å²) in [5.74, 6) is 0. The molecule has 0 radical (unpaired) electrons. The molecular formula is C11H10N2O. The Labute approximate surface area is 81.6 Å². The molecule has 0 atom stereocenters. The van der Waals surface area contributed by atoms with Crippen molar-refractivity contribution in [3.8, 4) is 5.69 Å². The molecule has 2 aromatic rings. The lowest BCUT2D eigenvalue weighted by Gasteiger charge is -2.04. The fourth-order valence-electron chi connectivity index (χ4n) is 1.23. The van der Waals surface area contributed by atoms with Gasteiger partial charge in [0, 0.05) is 12.3 Å². The molecule has 0 fully saturated rings. The van der Waals surface area contributed by atoms with Gasteiger partial charge in [-0.25, -0.2) is 4.68 Å². The number of aromatic nitrogens is 2. The van der Waals surface area contributed by atoms with E-state index in [0.29, 0.717) is 5.69 Å². The molecule has 3 nitrogen and oxygen atoms in total. The van der Waals surface area contributed by atoms with Crippen LogP contribution in [0.1, 0.15) is 5.69 Å². The lowest BCUT2D eigenvalue weighted by atomic mass is 10.3. The van der Waals surface area contributed by atoms with E-state index in [4.69, 9.17) is 0 Å². The van der Waals surface area contributed by atoms with Crippen molar-refractivity contribution in [1.82, 2.24) is 9.78 Å². The van der Waals surface area contributed by atoms with Crippen LogP contribution in [-0.2, 0) is 0 Å². The largest absolute Gasteiger partial charge is 0.288 e. The molecule has 0 saturated carbocycles. The Hall–Kier alpha value is -1.90. The summed E-state index contributed by atoms with van der Waals surface area (Å²) < 4.78 is 1.69. The van der Waals surface area contributed by atoms with Crippen LogP contribution in [0.2, 0.25) is 0 Å². The van der Waals surface area contributed by atoms with Crippen LogP contribution < -0.4 is 5.43 Å². The second-order valence-electron chi connectivity index (χ2n) is 3.05. The van der Waals surface area contributed by atoms with Gasteiger partial charge in [0.2, 0.25) is 5.43 Å². The normalized spacial score (nSPS) is 10.1. The van der Waals surface area contributed by atoms with Crippen LogP contribution in [0.5, 0.6) is 0 Å². The quantitative estimate of drug-likeness (QED) is 0.677. The van der Waals surface area contributed by atoms with Gasteiger partial charge in [0.1, 0.15) is 5.69 Å². The minimum Gasteiger partial charge on any atom is -0.288 e. The van der Waals surface area contributed by atoms with Crippen molar-refractivity contribution in [1.29, 1.82) is 0 Å². The number of hydrogen-bond donors (Lipinski definition) is 0. The summed E-state index contributed by atoms with van der Waals surface area (Å²) in [6.45, 7) is 1.71. The van der Waals surface area contributed by atoms with Crippen molar-refractivity contribution in [2.24, 2.45) is 0 Å². The molecule has 2 rings (SSSR count). The summed E-state index contributed by atoms with van der Waals surface area (Å²) in [6.07, 6.45) is 1.67. The first kappa shape index (κ1) is 8.69. The summed E-state index contributed by atoms with van der Waals surface area (Å²) in [5.41, 5.74) is 1.43. The maximum Gasteiger partial charge on any atom is 0.203 e. The minimum absolute atomic E-state index is 0.0304. The van der Waals surface area contributed by atoms with Crippen LogP contribution in [0, 0.1) is 6.92 Å². The summed E-state index contributed by atoms with van der Waals surface area (Å²) in [5, 5.41) is 4.15. The van der Waals surface area contributed by atoms with Gasteiger partial charge in [0.05, 0.1) is 5.69 Å². The first-order valence-corrected chi connectivity index (χ1v) is 4.39. The average molecular weight is 186 g/mol. The summed E-state index contributed by atoms with van der Waals surface area (Å²) >= 11 is 0. The topological polar surface area (TPSA) is 34.9 Å². The van der Waals surface area contributed by atoms with Crippen LogP contribution >= 0.6 is 0 Å². The summed E-state index contributed by atoms with van der Waals surface area (Å²) in [4.78, 5) is 11.1. The summed E-state index contributed by atoms with van der Waals surface area (Å²) in [7, 11) is 0. The van der Waals surface area contributed by atoms with Gasteiger partial charge in [-0.1, -0.05) is 18.2 Å². The smallest absolute Gasteiger partial charge is 0.203 e. The van der Waals surface area contributed by atoms with Crippen molar-refractivity contribution in [3.63, 3.8) is 0 Å². The first-order chi connectivity index (χ1) is 6.77. The Balaban J connectivity index is 2.54. The first-order valence-electron chi connectivity index (χ1n) is 4.39. The van der Waals surface area contributed by atoms with Gasteiger partial charge < -0.3 is 0 Å². The molecule has 0 saturated heterocycles. The van der Waals surface area contributed by atoms with Gasteiger partial charge in [0.25, 0.3) is 0 Å². The van der Waals surface area contributed by atoms with E-state index in [9.17, 15) is 4.79 Å². The predicted octanol–water partition coefficient (Wildman–Crippen LogP) is 1.54. The molecule has 1 aromatic heterocycles. The highest BCUT2D eigenvalue weighted by molar-refractivity contribution is 5.29. The van der Waals surface area contributed by atoms with Gasteiger partial charge in [-0.05, 0) is 19.1 Å². The second-order valence-corrected chi connectivity index (χ2v) is 3.05. The lowest BCUT2D eigenvalue weighted by Crippen LogP contribution is -2.12. The van der Waals surface area contributed by atoms with Gasteiger partial charge in [0.15, 0.2) is 0 Å². The molecule has 0 aliphatic carbocycles. The van der Waals surface area contributed by atoms with Crippen molar-refractivity contribution in [2.75, 3.05) is 0 Å². The predicted molar refractivity (Wildman–Crippen MR) is 54.6 cm³/mol. The minimum atomic E-state index is -0.0304. The van der Waals surface area contributed by atoms with Gasteiger partial charge in [-0.3, -0.25) is 4.79 Å². The number of aryl methyl sites for hydroxylation is 1. The van der Waals surface area contributed by atoms with E-state index in [2.05, 4.69) is 5.10 Å². The van der Waals surface area contributed by atoms with E-state index >= 15 is 0 Å². The molecule has 3 heteroatoms. The zero-order chi connectivity index (χ0) is 9.97. The molecule has 0 N–H and O–H groups in total. The average Bonchev–Trinajstić information content (AvgIpc) is 2.23. The van der Waals surface area contributed by atoms with Crippen molar-refractivity contribution in [3.05, 3.63) is 58.5 Å². The van der Waals surface area contributed by atoms with Crippen LogP contribution in [0.3, 0.4) is 0 Å². The molecule has 0 aliphatic heterocycles. The molecule has 1 aromatic carbocycles. The number of benzene rings is 1. The highest BCUT2D eigenvalue weighted by atomic mass is 16.1. The van der Waals surface area contributed by atoms with Crippen LogP contribution in [-0.4, -0.2) is 9.78 Å². The molecule has 0 aliphatic rings. The van der Waals surface area contributed by atoms with Crippen molar-refractivity contribution < 1.29 is 0 Å². The number of para-hydroxylation sites is 1. The monoisotopic (exact) mass is 186 g/mol. The molecular weight excluding hydrogens is 176 g/mol. The molecule has 0 unspecified atom stereocenters. The van der Waals surface area contributed by atoms with E-state index < -0.39 is 0 Å². The fourth-order valence-corrected chi connectivity index (χ4v) is 1.23. The maximum absolute atomic E-state index is 11.1. The molecule has 0 amide bonds. The SMILES string of the molecule is Cc1nn(-c2ccccc2)ccc1=O. The highest BCUT2D eigenvalue weighted by Gasteiger charge is 1.97. The van der Waals surface area contributed by atoms with E-state index in [-0.39, 0.29) is 5.43 Å². The standard InChI is InChI=1S/C11H10N2O/c1-9-11(14)7-8-13(12-9)10-5-3-2-4-6-10/h2-8H,1H3. The lowest BCUT2D eigenvalue weighted by molar-refractivity contribution is 0.810. The fraction of sp³-hybridized carbons (Fsp3) is 0.0909. The highest BCUT2D eigenvalue weighted by Crippen LogP contribution is 2.03. The third-order valence-electron chi connectivity index (χ3n) is 2.00. The second kappa shape index (κ2) is 3.46. The molecule has 1 heterocycles.